The highest BCUT2D eigenvalue weighted by Crippen LogP contribution is 2.28. The first-order valence-corrected chi connectivity index (χ1v) is 8.41. The minimum Gasteiger partial charge on any atom is -0.326 e. The highest BCUT2D eigenvalue weighted by atomic mass is 19.1. The van der Waals surface area contributed by atoms with Gasteiger partial charge in [-0.15, -0.1) is 0 Å². The number of anilines is 2. The number of nitrogens with one attached hydrogen (secondary N) is 2. The predicted molar refractivity (Wildman–Crippen MR) is 89.8 cm³/mol. The summed E-state index contributed by atoms with van der Waals surface area (Å²) in [6, 6.07) is 4.15. The Bertz CT molecular complexity index is 554. The molecule has 5 heteroatoms. The SMILES string of the molecule is CC(=O)Nc1ccc(F)c(NC(=O)CCCC2CCCCC2)c1. The van der Waals surface area contributed by atoms with E-state index in [1.165, 1.54) is 57.2 Å². The van der Waals surface area contributed by atoms with Crippen molar-refractivity contribution in [2.75, 3.05) is 10.6 Å². The third-order valence-electron chi connectivity index (χ3n) is 4.30. The lowest BCUT2D eigenvalue weighted by Crippen LogP contribution is -2.14. The number of halogens is 1. The minimum absolute atomic E-state index is 0.110. The van der Waals surface area contributed by atoms with E-state index in [4.69, 9.17) is 0 Å². The van der Waals surface area contributed by atoms with Gasteiger partial charge in [0, 0.05) is 19.0 Å². The number of carbonyl (C=O) groups is 2. The molecule has 1 aliphatic rings. The van der Waals surface area contributed by atoms with E-state index in [1.54, 1.807) is 0 Å². The zero-order valence-corrected chi connectivity index (χ0v) is 13.7. The van der Waals surface area contributed by atoms with E-state index in [0.717, 1.165) is 18.8 Å². The van der Waals surface area contributed by atoms with Gasteiger partial charge in [0.05, 0.1) is 5.69 Å². The van der Waals surface area contributed by atoms with Crippen molar-refractivity contribution in [1.29, 1.82) is 0 Å². The van der Waals surface area contributed by atoms with Gasteiger partial charge in [0.25, 0.3) is 0 Å². The molecule has 2 N–H and O–H groups in total. The van der Waals surface area contributed by atoms with E-state index in [0.29, 0.717) is 12.1 Å². The van der Waals surface area contributed by atoms with Crippen LogP contribution in [0.3, 0.4) is 0 Å². The fourth-order valence-corrected chi connectivity index (χ4v) is 3.14. The van der Waals surface area contributed by atoms with Crippen molar-refractivity contribution >= 4 is 23.2 Å². The average Bonchev–Trinajstić information content (AvgIpc) is 2.51. The van der Waals surface area contributed by atoms with Crippen LogP contribution in [0, 0.1) is 11.7 Å². The first-order valence-electron chi connectivity index (χ1n) is 8.41. The summed E-state index contributed by atoms with van der Waals surface area (Å²) in [6.07, 6.45) is 8.80. The summed E-state index contributed by atoms with van der Waals surface area (Å²) < 4.78 is 13.8. The molecule has 1 aromatic carbocycles. The van der Waals surface area contributed by atoms with Crippen LogP contribution in [0.1, 0.15) is 58.3 Å². The Balaban J connectivity index is 1.80. The van der Waals surface area contributed by atoms with Gasteiger partial charge >= 0.3 is 0 Å². The Labute approximate surface area is 136 Å². The summed E-state index contributed by atoms with van der Waals surface area (Å²) in [5.41, 5.74) is 0.579. The van der Waals surface area contributed by atoms with Crippen LogP contribution < -0.4 is 10.6 Å². The molecule has 2 rings (SSSR count). The lowest BCUT2D eigenvalue weighted by atomic mass is 9.86. The molecule has 1 saturated carbocycles. The molecule has 23 heavy (non-hydrogen) atoms. The highest BCUT2D eigenvalue weighted by Gasteiger charge is 2.14. The summed E-state index contributed by atoms with van der Waals surface area (Å²) in [5.74, 6) is -0.169. The van der Waals surface area contributed by atoms with E-state index in [9.17, 15) is 14.0 Å². The van der Waals surface area contributed by atoms with E-state index in [-0.39, 0.29) is 17.5 Å². The molecule has 0 heterocycles. The van der Waals surface area contributed by atoms with Crippen LogP contribution in [-0.2, 0) is 9.59 Å². The van der Waals surface area contributed by atoms with Crippen molar-refractivity contribution in [1.82, 2.24) is 0 Å². The second-order valence-electron chi connectivity index (χ2n) is 6.32. The minimum atomic E-state index is -0.500. The number of rotatable bonds is 6. The first kappa shape index (κ1) is 17.4. The van der Waals surface area contributed by atoms with Gasteiger partial charge < -0.3 is 10.6 Å². The lowest BCUT2D eigenvalue weighted by Gasteiger charge is -2.21. The lowest BCUT2D eigenvalue weighted by molar-refractivity contribution is -0.116. The normalized spacial score (nSPS) is 15.2. The fraction of sp³-hybridized carbons (Fsp3) is 0.556. The molecule has 1 aromatic rings. The highest BCUT2D eigenvalue weighted by molar-refractivity contribution is 5.93. The second kappa shape index (κ2) is 8.65. The summed E-state index contributed by atoms with van der Waals surface area (Å²) >= 11 is 0. The topological polar surface area (TPSA) is 58.2 Å². The Morgan fingerprint density at radius 2 is 1.91 bits per heavy atom. The van der Waals surface area contributed by atoms with Crippen molar-refractivity contribution in [3.8, 4) is 0 Å². The third-order valence-corrected chi connectivity index (χ3v) is 4.30. The van der Waals surface area contributed by atoms with Crippen molar-refractivity contribution < 1.29 is 14.0 Å². The quantitative estimate of drug-likeness (QED) is 0.812. The van der Waals surface area contributed by atoms with E-state index >= 15 is 0 Å². The maximum atomic E-state index is 13.8. The van der Waals surface area contributed by atoms with Crippen LogP contribution in [0.25, 0.3) is 0 Å². The van der Waals surface area contributed by atoms with Crippen LogP contribution in [0.2, 0.25) is 0 Å². The average molecular weight is 320 g/mol. The molecule has 1 fully saturated rings. The van der Waals surface area contributed by atoms with Gasteiger partial charge in [0.15, 0.2) is 0 Å². The zero-order chi connectivity index (χ0) is 16.7. The fourth-order valence-electron chi connectivity index (χ4n) is 3.14. The van der Waals surface area contributed by atoms with Gasteiger partial charge in [0.2, 0.25) is 11.8 Å². The van der Waals surface area contributed by atoms with Crippen LogP contribution in [0.5, 0.6) is 0 Å². The largest absolute Gasteiger partial charge is 0.326 e. The van der Waals surface area contributed by atoms with Crippen molar-refractivity contribution in [3.05, 3.63) is 24.0 Å². The van der Waals surface area contributed by atoms with Crippen LogP contribution in [-0.4, -0.2) is 11.8 Å². The summed E-state index contributed by atoms with van der Waals surface area (Å²) in [5, 5.41) is 5.17. The number of hydrogen-bond donors (Lipinski definition) is 2. The first-order chi connectivity index (χ1) is 11.0. The van der Waals surface area contributed by atoms with Crippen molar-refractivity contribution in [2.45, 2.75) is 58.3 Å². The van der Waals surface area contributed by atoms with Crippen molar-refractivity contribution in [2.24, 2.45) is 5.92 Å². The Kier molecular flexibility index (Phi) is 6.56. The van der Waals surface area contributed by atoms with Gasteiger partial charge in [-0.05, 0) is 37.0 Å². The molecular formula is C18H25FN2O2. The number of benzene rings is 1. The molecular weight excluding hydrogens is 295 g/mol. The Morgan fingerprint density at radius 1 is 1.17 bits per heavy atom. The standard InChI is InChI=1S/C18H25FN2O2/c1-13(22)20-15-10-11-16(19)17(12-15)21-18(23)9-5-8-14-6-3-2-4-7-14/h10-12,14H,2-9H2,1H3,(H,20,22)(H,21,23). The Hall–Kier alpha value is -1.91. The molecule has 0 unspecified atom stereocenters. The summed E-state index contributed by atoms with van der Waals surface area (Å²) in [6.45, 7) is 1.38. The number of hydrogen-bond acceptors (Lipinski definition) is 2. The van der Waals surface area contributed by atoms with Crippen LogP contribution in [0.4, 0.5) is 15.8 Å². The molecule has 0 aromatic heterocycles. The summed E-state index contributed by atoms with van der Waals surface area (Å²) in [7, 11) is 0. The maximum Gasteiger partial charge on any atom is 0.224 e. The maximum absolute atomic E-state index is 13.8. The second-order valence-corrected chi connectivity index (χ2v) is 6.32. The zero-order valence-electron chi connectivity index (χ0n) is 13.7. The van der Waals surface area contributed by atoms with Gasteiger partial charge in [0.1, 0.15) is 5.82 Å². The van der Waals surface area contributed by atoms with Crippen LogP contribution in [0.15, 0.2) is 18.2 Å². The van der Waals surface area contributed by atoms with E-state index in [1.807, 2.05) is 0 Å². The molecule has 0 bridgehead atoms. The predicted octanol–water partition coefficient (Wildman–Crippen LogP) is 4.47. The van der Waals surface area contributed by atoms with Gasteiger partial charge in [-0.2, -0.15) is 0 Å². The molecule has 0 saturated heterocycles. The molecule has 0 atom stereocenters. The number of amides is 2. The molecule has 126 valence electrons. The number of carbonyl (C=O) groups excluding carboxylic acids is 2. The summed E-state index contributed by atoms with van der Waals surface area (Å²) in [4.78, 5) is 23.0. The Morgan fingerprint density at radius 3 is 2.61 bits per heavy atom. The van der Waals surface area contributed by atoms with Gasteiger partial charge in [-0.1, -0.05) is 32.1 Å². The van der Waals surface area contributed by atoms with Crippen LogP contribution >= 0.6 is 0 Å². The smallest absolute Gasteiger partial charge is 0.224 e. The molecule has 0 radical (unpaired) electrons. The van der Waals surface area contributed by atoms with Crippen molar-refractivity contribution in [3.63, 3.8) is 0 Å². The van der Waals surface area contributed by atoms with Gasteiger partial charge in [-0.25, -0.2) is 4.39 Å². The molecule has 4 nitrogen and oxygen atoms in total. The van der Waals surface area contributed by atoms with Gasteiger partial charge in [-0.3, -0.25) is 9.59 Å². The van der Waals surface area contributed by atoms with E-state index in [2.05, 4.69) is 10.6 Å². The molecule has 1 aliphatic carbocycles. The molecule has 0 aliphatic heterocycles. The molecule has 0 spiro atoms. The van der Waals surface area contributed by atoms with E-state index < -0.39 is 5.82 Å². The molecule has 2 amide bonds. The third kappa shape index (κ3) is 6.00. The monoisotopic (exact) mass is 320 g/mol.